The number of methoxy groups -OCH3 is 1. The molecular weight excluding hydrogens is 410 g/mol. The van der Waals surface area contributed by atoms with Crippen molar-refractivity contribution >= 4 is 21.9 Å². The Morgan fingerprint density at radius 2 is 2.15 bits per heavy atom. The number of benzene rings is 2. The maximum atomic E-state index is 11.5. The third kappa shape index (κ3) is 3.28. The van der Waals surface area contributed by atoms with Crippen molar-refractivity contribution in [2.75, 3.05) is 13.7 Å². The molecule has 0 saturated heterocycles. The van der Waals surface area contributed by atoms with Crippen molar-refractivity contribution in [3.05, 3.63) is 57.1 Å². The Labute approximate surface area is 166 Å². The monoisotopic (exact) mass is 427 g/mol. The molecule has 0 saturated carbocycles. The van der Waals surface area contributed by atoms with Gasteiger partial charge >= 0.3 is 5.97 Å². The number of ether oxygens (including phenoxy) is 3. The van der Waals surface area contributed by atoms with Crippen molar-refractivity contribution in [1.29, 1.82) is 5.26 Å². The van der Waals surface area contributed by atoms with E-state index < -0.39 is 0 Å². The third-order valence-corrected chi connectivity index (χ3v) is 6.09. The van der Waals surface area contributed by atoms with E-state index in [1.165, 1.54) is 7.11 Å². The quantitative estimate of drug-likeness (QED) is 0.675. The molecule has 0 N–H and O–H groups in total. The first-order chi connectivity index (χ1) is 13.1. The van der Waals surface area contributed by atoms with Crippen molar-refractivity contribution in [2.45, 2.75) is 31.3 Å². The Bertz CT molecular complexity index is 950. The summed E-state index contributed by atoms with van der Waals surface area (Å²) in [4.78, 5) is 11.5. The SMILES string of the molecule is COC(=O)CC1COc2cc(O[C@@H]3CCc4c3ccc(C#N)c4Br)ccc21. The number of hydrogen-bond donors (Lipinski definition) is 0. The Morgan fingerprint density at radius 3 is 2.93 bits per heavy atom. The maximum Gasteiger partial charge on any atom is 0.306 e. The van der Waals surface area contributed by atoms with E-state index in [4.69, 9.17) is 14.2 Å². The van der Waals surface area contributed by atoms with Crippen molar-refractivity contribution in [3.8, 4) is 17.6 Å². The predicted octanol–water partition coefficient (Wildman–Crippen LogP) is 4.43. The first-order valence-electron chi connectivity index (χ1n) is 8.82. The van der Waals surface area contributed by atoms with Gasteiger partial charge in [-0.05, 0) is 52.0 Å². The van der Waals surface area contributed by atoms with Gasteiger partial charge in [-0.3, -0.25) is 4.79 Å². The zero-order valence-corrected chi connectivity index (χ0v) is 16.4. The van der Waals surface area contributed by atoms with Crippen LogP contribution in [0.25, 0.3) is 0 Å². The van der Waals surface area contributed by atoms with Crippen molar-refractivity contribution in [2.24, 2.45) is 0 Å². The van der Waals surface area contributed by atoms with Crippen LogP contribution < -0.4 is 9.47 Å². The standard InChI is InChI=1S/C21H18BrNO4/c1-25-20(24)8-13-11-26-19-9-14(3-5-15(13)19)27-18-7-6-17-16(18)4-2-12(10-23)21(17)22/h2-5,9,13,18H,6-8,11H2,1H3/t13?,18-/m1/s1. The molecule has 5 nitrogen and oxygen atoms in total. The minimum Gasteiger partial charge on any atom is -0.492 e. The second-order valence-corrected chi connectivity index (χ2v) is 7.53. The first kappa shape index (κ1) is 17.9. The molecule has 0 bridgehead atoms. The van der Waals surface area contributed by atoms with E-state index in [1.807, 2.05) is 30.3 Å². The Balaban J connectivity index is 1.52. The number of halogens is 1. The number of nitrogens with zero attached hydrogens (tertiary/aromatic N) is 1. The predicted molar refractivity (Wildman–Crippen MR) is 102 cm³/mol. The van der Waals surface area contributed by atoms with E-state index >= 15 is 0 Å². The van der Waals surface area contributed by atoms with Crippen LogP contribution in [0.4, 0.5) is 0 Å². The van der Waals surface area contributed by atoms with E-state index in [0.29, 0.717) is 18.6 Å². The Morgan fingerprint density at radius 1 is 1.33 bits per heavy atom. The summed E-state index contributed by atoms with van der Waals surface area (Å²) in [5, 5.41) is 9.18. The number of esters is 1. The molecule has 0 fully saturated rings. The smallest absolute Gasteiger partial charge is 0.306 e. The minimum atomic E-state index is -0.235. The number of carbonyl (C=O) groups excluding carboxylic acids is 1. The summed E-state index contributed by atoms with van der Waals surface area (Å²) in [5.41, 5.74) is 3.93. The molecule has 0 amide bonds. The van der Waals surface area contributed by atoms with Crippen LogP contribution in [0, 0.1) is 11.3 Å². The maximum absolute atomic E-state index is 11.5. The molecule has 2 aromatic carbocycles. The first-order valence-corrected chi connectivity index (χ1v) is 9.61. The second-order valence-electron chi connectivity index (χ2n) is 6.74. The lowest BCUT2D eigenvalue weighted by Gasteiger charge is -2.16. The summed E-state index contributed by atoms with van der Waals surface area (Å²) in [6.45, 7) is 0.476. The number of hydrogen-bond acceptors (Lipinski definition) is 5. The number of rotatable bonds is 4. The van der Waals surface area contributed by atoms with Gasteiger partial charge < -0.3 is 14.2 Å². The van der Waals surface area contributed by atoms with E-state index in [0.717, 1.165) is 45.5 Å². The molecule has 2 aromatic rings. The van der Waals surface area contributed by atoms with Crippen LogP contribution in [0.5, 0.6) is 11.5 Å². The van der Waals surface area contributed by atoms with E-state index in [-0.39, 0.29) is 18.0 Å². The lowest BCUT2D eigenvalue weighted by atomic mass is 9.98. The van der Waals surface area contributed by atoms with E-state index in [9.17, 15) is 10.1 Å². The molecule has 4 rings (SSSR count). The molecule has 6 heteroatoms. The summed E-state index contributed by atoms with van der Waals surface area (Å²) in [5.74, 6) is 1.29. The van der Waals surface area contributed by atoms with Gasteiger partial charge in [-0.25, -0.2) is 0 Å². The van der Waals surface area contributed by atoms with Crippen molar-refractivity contribution in [1.82, 2.24) is 0 Å². The van der Waals surface area contributed by atoms with Crippen molar-refractivity contribution < 1.29 is 19.0 Å². The second kappa shape index (κ2) is 7.24. The molecular formula is C21H18BrNO4. The molecule has 138 valence electrons. The van der Waals surface area contributed by atoms with Gasteiger partial charge in [0.1, 0.15) is 23.7 Å². The van der Waals surface area contributed by atoms with Crippen molar-refractivity contribution in [3.63, 3.8) is 0 Å². The Hall–Kier alpha value is -2.52. The van der Waals surface area contributed by atoms with Gasteiger partial charge in [0.15, 0.2) is 0 Å². The summed E-state index contributed by atoms with van der Waals surface area (Å²) in [6, 6.07) is 11.8. The average molecular weight is 428 g/mol. The van der Waals surface area contributed by atoms with Gasteiger partial charge in [0.05, 0.1) is 25.7 Å². The number of fused-ring (bicyclic) bond motifs is 2. The van der Waals surface area contributed by atoms with Gasteiger partial charge in [-0.2, -0.15) is 5.26 Å². The normalized spacial score (nSPS) is 19.6. The van der Waals surface area contributed by atoms with Gasteiger partial charge in [0.25, 0.3) is 0 Å². The highest BCUT2D eigenvalue weighted by Gasteiger charge is 2.29. The number of carbonyl (C=O) groups is 1. The van der Waals surface area contributed by atoms with Crippen LogP contribution in [0.15, 0.2) is 34.8 Å². The number of nitriles is 1. The summed E-state index contributed by atoms with van der Waals surface area (Å²) < 4.78 is 17.6. The molecule has 0 spiro atoms. The fraction of sp³-hybridized carbons (Fsp3) is 0.333. The van der Waals surface area contributed by atoms with E-state index in [1.54, 1.807) is 0 Å². The topological polar surface area (TPSA) is 68.6 Å². The molecule has 1 unspecified atom stereocenters. The van der Waals surface area contributed by atoms with Gasteiger partial charge in [0.2, 0.25) is 0 Å². The molecule has 1 aliphatic carbocycles. The highest BCUT2D eigenvalue weighted by molar-refractivity contribution is 9.10. The largest absolute Gasteiger partial charge is 0.492 e. The highest BCUT2D eigenvalue weighted by atomic mass is 79.9. The zero-order valence-electron chi connectivity index (χ0n) is 14.8. The summed E-state index contributed by atoms with van der Waals surface area (Å²) in [7, 11) is 1.40. The van der Waals surface area contributed by atoms with Crippen LogP contribution in [0.3, 0.4) is 0 Å². The molecule has 2 aliphatic rings. The molecule has 1 heterocycles. The lowest BCUT2D eigenvalue weighted by Crippen LogP contribution is -2.09. The lowest BCUT2D eigenvalue weighted by molar-refractivity contribution is -0.141. The fourth-order valence-electron chi connectivity index (χ4n) is 3.78. The van der Waals surface area contributed by atoms with E-state index in [2.05, 4.69) is 22.0 Å². The Kier molecular flexibility index (Phi) is 4.79. The third-order valence-electron chi connectivity index (χ3n) is 5.19. The molecule has 0 radical (unpaired) electrons. The zero-order chi connectivity index (χ0) is 19.0. The fourth-order valence-corrected chi connectivity index (χ4v) is 4.43. The van der Waals surface area contributed by atoms with Crippen LogP contribution in [0.1, 0.15) is 47.1 Å². The average Bonchev–Trinajstić information content (AvgIpc) is 3.27. The van der Waals surface area contributed by atoms with Crippen LogP contribution in [0.2, 0.25) is 0 Å². The van der Waals surface area contributed by atoms with Gasteiger partial charge in [-0.15, -0.1) is 0 Å². The molecule has 0 aromatic heterocycles. The minimum absolute atomic E-state index is 0.0223. The molecule has 27 heavy (non-hydrogen) atoms. The van der Waals surface area contributed by atoms with Crippen LogP contribution >= 0.6 is 15.9 Å². The van der Waals surface area contributed by atoms with Gasteiger partial charge in [0, 0.05) is 22.0 Å². The summed E-state index contributed by atoms with van der Waals surface area (Å²) >= 11 is 3.54. The van der Waals surface area contributed by atoms with Crippen LogP contribution in [-0.4, -0.2) is 19.7 Å². The van der Waals surface area contributed by atoms with Gasteiger partial charge in [-0.1, -0.05) is 12.1 Å². The molecule has 2 atom stereocenters. The highest BCUT2D eigenvalue weighted by Crippen LogP contribution is 2.42. The summed E-state index contributed by atoms with van der Waals surface area (Å²) in [6.07, 6.45) is 2.01. The molecule has 1 aliphatic heterocycles. The van der Waals surface area contributed by atoms with Crippen LogP contribution in [-0.2, 0) is 16.0 Å².